The van der Waals surface area contributed by atoms with Crippen molar-refractivity contribution in [3.05, 3.63) is 340 Å². The molecule has 13 aromatic carbocycles. The summed E-state index contributed by atoms with van der Waals surface area (Å²) >= 11 is 0. The number of fused-ring (bicyclic) bond motifs is 3. The first-order chi connectivity index (χ1) is 42.6. The number of nitrogens with zero attached hydrogens (tertiary/aromatic N) is 4. The molecule has 0 spiro atoms. The van der Waals surface area contributed by atoms with E-state index < -0.39 is 10.0 Å². The third-order valence-electron chi connectivity index (χ3n) is 16.4. The second kappa shape index (κ2) is 22.6. The fraction of sp³-hybridized carbons (Fsp3) is 0. The van der Waals surface area contributed by atoms with Crippen molar-refractivity contribution >= 4 is 31.8 Å². The Morgan fingerprint density at radius 1 is 0.198 bits per heavy atom. The molecule has 0 atom stereocenters. The fourth-order valence-electron chi connectivity index (χ4n) is 12.2. The van der Waals surface area contributed by atoms with Gasteiger partial charge in [-0.25, -0.2) is 15.0 Å². The molecule has 0 bridgehead atoms. The van der Waals surface area contributed by atoms with Crippen LogP contribution in [0.15, 0.2) is 359 Å². The average Bonchev–Trinajstić information content (AvgIpc) is 2.72. The molecule has 0 radical (unpaired) electrons. The zero-order chi connectivity index (χ0) is 57.2. The van der Waals surface area contributed by atoms with Crippen LogP contribution in [0.4, 0.5) is 0 Å². The molecule has 0 amide bonds. The van der Waals surface area contributed by atoms with Crippen LogP contribution in [0.1, 0.15) is 0 Å². The molecule has 0 fully saturated rings. The molecule has 0 saturated heterocycles. The first-order valence-electron chi connectivity index (χ1n) is 29.1. The van der Waals surface area contributed by atoms with Crippen LogP contribution >= 0.6 is 10.0 Å². The zero-order valence-electron chi connectivity index (χ0n) is 47.0. The Morgan fingerprint density at radius 3 is 0.953 bits per heavy atom. The summed E-state index contributed by atoms with van der Waals surface area (Å²) in [6.07, 6.45) is 0. The monoisotopic (exact) mass is 1120 g/mol. The van der Waals surface area contributed by atoms with Crippen molar-refractivity contribution in [2.24, 2.45) is 0 Å². The quantitative estimate of drug-likeness (QED) is 0.116. The lowest BCUT2D eigenvalue weighted by Crippen LogP contribution is -2.05. The molecule has 86 heavy (non-hydrogen) atoms. The molecule has 0 unspecified atom stereocenters. The minimum Gasteiger partial charge on any atom is -0.309 e. The van der Waals surface area contributed by atoms with Crippen molar-refractivity contribution in [1.29, 1.82) is 0 Å². The summed E-state index contributed by atoms with van der Waals surface area (Å²) in [5.41, 5.74) is 17.5. The first kappa shape index (κ1) is 51.9. The third kappa shape index (κ3) is 9.76. The van der Waals surface area contributed by atoms with Crippen LogP contribution in [0.3, 0.4) is 0 Å². The highest BCUT2D eigenvalue weighted by Gasteiger charge is 2.33. The van der Waals surface area contributed by atoms with Gasteiger partial charge in [-0.15, -0.1) is 10.0 Å². The highest BCUT2D eigenvalue weighted by molar-refractivity contribution is 8.34. The number of rotatable bonds is 13. The maximum atomic E-state index is 5.29. The van der Waals surface area contributed by atoms with Gasteiger partial charge in [-0.3, -0.25) is 0 Å². The van der Waals surface area contributed by atoms with Gasteiger partial charge in [0.2, 0.25) is 0 Å². The van der Waals surface area contributed by atoms with Crippen molar-refractivity contribution in [3.8, 4) is 95.5 Å². The number of hydrogen-bond acceptors (Lipinski definition) is 3. The smallest absolute Gasteiger partial charge is 0.164 e. The predicted octanol–water partition coefficient (Wildman–Crippen LogP) is 21.6. The number of para-hydroxylation sites is 2. The zero-order valence-corrected chi connectivity index (χ0v) is 47.8. The molecule has 2 aromatic heterocycles. The lowest BCUT2D eigenvalue weighted by molar-refractivity contribution is 1.07. The van der Waals surface area contributed by atoms with E-state index in [1.807, 2.05) is 0 Å². The normalized spacial score (nSPS) is 11.7. The average molecular weight is 1120 g/mol. The van der Waals surface area contributed by atoms with E-state index in [9.17, 15) is 0 Å². The Bertz CT molecular complexity index is 4760. The molecule has 4 nitrogen and oxygen atoms in total. The van der Waals surface area contributed by atoms with Crippen LogP contribution in [0.25, 0.3) is 117 Å². The molecule has 2 heterocycles. The molecular weight excluding hydrogens is 1060 g/mol. The van der Waals surface area contributed by atoms with E-state index >= 15 is 0 Å². The van der Waals surface area contributed by atoms with Gasteiger partial charge in [0.1, 0.15) is 0 Å². The van der Waals surface area contributed by atoms with Gasteiger partial charge in [0.25, 0.3) is 0 Å². The molecule has 0 aliphatic rings. The Balaban J connectivity index is 0.789. The van der Waals surface area contributed by atoms with Crippen molar-refractivity contribution in [2.45, 2.75) is 19.6 Å². The van der Waals surface area contributed by atoms with E-state index in [0.717, 1.165) is 61.3 Å². The molecular formula is C81H56N4S. The summed E-state index contributed by atoms with van der Waals surface area (Å²) in [6, 6.07) is 122. The molecule has 0 N–H and O–H groups in total. The van der Waals surface area contributed by atoms with E-state index in [1.54, 1.807) is 0 Å². The van der Waals surface area contributed by atoms with Crippen LogP contribution in [0.5, 0.6) is 0 Å². The lowest BCUT2D eigenvalue weighted by Gasteiger charge is -2.42. The van der Waals surface area contributed by atoms with Gasteiger partial charge < -0.3 is 4.57 Å². The Kier molecular flexibility index (Phi) is 13.7. The molecule has 406 valence electrons. The summed E-state index contributed by atoms with van der Waals surface area (Å²) in [7, 11) is -1.86. The van der Waals surface area contributed by atoms with Crippen molar-refractivity contribution in [1.82, 2.24) is 19.5 Å². The van der Waals surface area contributed by atoms with E-state index in [4.69, 9.17) is 15.0 Å². The van der Waals surface area contributed by atoms with Crippen LogP contribution in [0, 0.1) is 0 Å². The number of hydrogen-bond donors (Lipinski definition) is 0. The molecule has 0 saturated carbocycles. The standard InChI is InChI=1S/C81H56N4S/c1-5-22-57(23-6-1)62-24-17-25-63(52-62)58-44-48-60(49-45-58)79-82-80(84-81(83-79)69-31-19-28-66(54-69)67-29-20-32-70(55-67)85-77-42-15-13-40-75(77)76-41-14-16-43-78(76)85)61-50-46-59(47-51-61)64-26-18-27-65(53-64)68-30-21-39-74(56-68)86(71-33-7-2-8-34-71,72-35-9-3-10-36-72)73-37-11-4-12-38-73/h1-56H. The second-order valence-corrected chi connectivity index (χ2v) is 24.7. The summed E-state index contributed by atoms with van der Waals surface area (Å²) in [6.45, 7) is 0. The molecule has 0 aliphatic heterocycles. The molecule has 15 aromatic rings. The summed E-state index contributed by atoms with van der Waals surface area (Å²) in [5, 5.41) is 2.47. The van der Waals surface area contributed by atoms with Gasteiger partial charge in [0.05, 0.1) is 11.0 Å². The van der Waals surface area contributed by atoms with Gasteiger partial charge in [-0.05, 0) is 147 Å². The lowest BCUT2D eigenvalue weighted by atomic mass is 9.98. The Hall–Kier alpha value is -11.0. The van der Waals surface area contributed by atoms with E-state index in [2.05, 4.69) is 344 Å². The van der Waals surface area contributed by atoms with Crippen LogP contribution in [-0.2, 0) is 0 Å². The largest absolute Gasteiger partial charge is 0.309 e. The van der Waals surface area contributed by atoms with E-state index in [0.29, 0.717) is 17.5 Å². The molecule has 0 aliphatic carbocycles. The predicted molar refractivity (Wildman–Crippen MR) is 358 cm³/mol. The maximum absolute atomic E-state index is 5.29. The summed E-state index contributed by atoms with van der Waals surface area (Å²) in [5.74, 6) is 1.80. The van der Waals surface area contributed by atoms with Crippen LogP contribution in [-0.4, -0.2) is 19.5 Å². The van der Waals surface area contributed by atoms with Crippen LogP contribution in [0.2, 0.25) is 0 Å². The summed E-state index contributed by atoms with van der Waals surface area (Å²) in [4.78, 5) is 21.0. The maximum Gasteiger partial charge on any atom is 0.164 e. The SMILES string of the molecule is c1ccc(-c2cccc(-c3ccc(-c4nc(-c5ccc(-c6cccc(-c7cccc(S(c8ccccc8)(c8ccccc8)c8ccccc8)c7)c6)cc5)nc(-c5cccc(-c6cccc(-n7c8ccccc8c8ccccc87)c6)c5)n4)cc3)c2)cc1. The van der Waals surface area contributed by atoms with Gasteiger partial charge >= 0.3 is 0 Å². The van der Waals surface area contributed by atoms with Gasteiger partial charge in [-0.1, -0.05) is 249 Å². The minimum absolute atomic E-state index is 0.599. The Labute approximate surface area is 503 Å². The third-order valence-corrected chi connectivity index (χ3v) is 20.3. The number of benzene rings is 13. The Morgan fingerprint density at radius 2 is 0.488 bits per heavy atom. The molecule has 5 heteroatoms. The highest BCUT2D eigenvalue weighted by Crippen LogP contribution is 2.73. The van der Waals surface area contributed by atoms with E-state index in [-0.39, 0.29) is 0 Å². The van der Waals surface area contributed by atoms with Gasteiger partial charge in [0, 0.05) is 52.7 Å². The molecule has 15 rings (SSSR count). The van der Waals surface area contributed by atoms with E-state index in [1.165, 1.54) is 58.1 Å². The topological polar surface area (TPSA) is 43.6 Å². The number of aromatic nitrogens is 4. The fourth-order valence-corrected chi connectivity index (χ4v) is 16.1. The van der Waals surface area contributed by atoms with Gasteiger partial charge in [-0.2, -0.15) is 0 Å². The van der Waals surface area contributed by atoms with Crippen molar-refractivity contribution in [3.63, 3.8) is 0 Å². The highest BCUT2D eigenvalue weighted by atomic mass is 32.3. The summed E-state index contributed by atoms with van der Waals surface area (Å²) < 4.78 is 2.37. The second-order valence-electron chi connectivity index (χ2n) is 21.6. The van der Waals surface area contributed by atoms with Crippen molar-refractivity contribution < 1.29 is 0 Å². The van der Waals surface area contributed by atoms with Gasteiger partial charge in [0.15, 0.2) is 17.5 Å². The van der Waals surface area contributed by atoms with Crippen molar-refractivity contribution in [2.75, 3.05) is 0 Å². The minimum atomic E-state index is -1.86. The first-order valence-corrected chi connectivity index (χ1v) is 30.8. The van der Waals surface area contributed by atoms with Crippen LogP contribution < -0.4 is 0 Å².